The van der Waals surface area contributed by atoms with Gasteiger partial charge in [0.25, 0.3) is 0 Å². The van der Waals surface area contributed by atoms with Crippen LogP contribution < -0.4 is 0 Å². The SMILES string of the molecule is CCOC(CCCCCCCCCC[N+](C)(C)CCC[Si](OC)(OC)OC)OC. The van der Waals surface area contributed by atoms with E-state index in [-0.39, 0.29) is 6.29 Å². The lowest BCUT2D eigenvalue weighted by atomic mass is 10.1. The van der Waals surface area contributed by atoms with Crippen LogP contribution in [-0.2, 0) is 22.8 Å². The summed E-state index contributed by atoms with van der Waals surface area (Å²) in [6, 6.07) is 0.883. The molecule has 0 aromatic heterocycles. The first-order chi connectivity index (χ1) is 13.9. The number of rotatable bonds is 21. The number of hydrogen-bond acceptors (Lipinski definition) is 5. The van der Waals surface area contributed by atoms with Gasteiger partial charge in [0.2, 0.25) is 0 Å². The first kappa shape index (κ1) is 29.0. The Hall–Kier alpha value is -0.0231. The monoisotopic (exact) mass is 436 g/mol. The van der Waals surface area contributed by atoms with Crippen molar-refractivity contribution in [2.75, 3.05) is 62.2 Å². The molecule has 7 heteroatoms. The fourth-order valence-electron chi connectivity index (χ4n) is 3.76. The standard InChI is InChI=1S/C22H50NO5Si/c1-8-28-22(24-4)18-15-13-11-9-10-12-14-16-19-23(2,3)20-17-21-29(25-5,26-6)27-7/h22H,8-21H2,1-7H3/q+1. The van der Waals surface area contributed by atoms with Crippen molar-refractivity contribution in [3.05, 3.63) is 0 Å². The third-order valence-corrected chi connectivity index (χ3v) is 8.58. The van der Waals surface area contributed by atoms with Crippen molar-refractivity contribution in [1.82, 2.24) is 0 Å². The van der Waals surface area contributed by atoms with Gasteiger partial charge in [0.05, 0.1) is 27.2 Å². The van der Waals surface area contributed by atoms with Gasteiger partial charge in [-0.15, -0.1) is 0 Å². The van der Waals surface area contributed by atoms with Crippen molar-refractivity contribution in [2.45, 2.75) is 83.5 Å². The molecular weight excluding hydrogens is 386 g/mol. The van der Waals surface area contributed by atoms with E-state index < -0.39 is 8.80 Å². The van der Waals surface area contributed by atoms with Crippen LogP contribution in [0.5, 0.6) is 0 Å². The van der Waals surface area contributed by atoms with Gasteiger partial charge in [-0.2, -0.15) is 0 Å². The molecule has 1 atom stereocenters. The number of ether oxygens (including phenoxy) is 2. The zero-order valence-corrected chi connectivity index (χ0v) is 21.5. The van der Waals surface area contributed by atoms with Crippen LogP contribution in [0.15, 0.2) is 0 Å². The van der Waals surface area contributed by atoms with Crippen molar-refractivity contribution in [3.8, 4) is 0 Å². The molecule has 6 nitrogen and oxygen atoms in total. The zero-order chi connectivity index (χ0) is 22.0. The molecule has 0 fully saturated rings. The number of unbranched alkanes of at least 4 members (excludes halogenated alkanes) is 7. The third kappa shape index (κ3) is 14.6. The molecule has 0 saturated heterocycles. The lowest BCUT2D eigenvalue weighted by molar-refractivity contribution is -0.890. The van der Waals surface area contributed by atoms with E-state index in [1.807, 2.05) is 6.92 Å². The summed E-state index contributed by atoms with van der Waals surface area (Å²) in [5.41, 5.74) is 0. The van der Waals surface area contributed by atoms with E-state index in [4.69, 9.17) is 22.8 Å². The highest BCUT2D eigenvalue weighted by atomic mass is 28.4. The maximum atomic E-state index is 5.51. The van der Waals surface area contributed by atoms with Crippen LogP contribution in [0.25, 0.3) is 0 Å². The number of quaternary nitrogens is 1. The Balaban J connectivity index is 3.66. The summed E-state index contributed by atoms with van der Waals surface area (Å²) in [7, 11) is 9.04. The van der Waals surface area contributed by atoms with Gasteiger partial charge in [-0.05, 0) is 32.6 Å². The Bertz CT molecular complexity index is 359. The summed E-state index contributed by atoms with van der Waals surface area (Å²) < 4.78 is 28.4. The normalized spacial score (nSPS) is 13.8. The van der Waals surface area contributed by atoms with E-state index in [0.29, 0.717) is 0 Å². The molecule has 176 valence electrons. The van der Waals surface area contributed by atoms with Crippen LogP contribution in [0.3, 0.4) is 0 Å². The molecule has 0 bridgehead atoms. The molecule has 1 unspecified atom stereocenters. The van der Waals surface area contributed by atoms with Gasteiger partial charge in [0, 0.05) is 47.5 Å². The molecule has 0 heterocycles. The highest BCUT2D eigenvalue weighted by Crippen LogP contribution is 2.17. The minimum absolute atomic E-state index is 0.0151. The fraction of sp³-hybridized carbons (Fsp3) is 1.00. The van der Waals surface area contributed by atoms with Gasteiger partial charge in [-0.1, -0.05) is 32.1 Å². The average molecular weight is 437 g/mol. The second-order valence-corrected chi connectivity index (χ2v) is 11.6. The van der Waals surface area contributed by atoms with Crippen LogP contribution >= 0.6 is 0 Å². The van der Waals surface area contributed by atoms with E-state index >= 15 is 0 Å². The summed E-state index contributed by atoms with van der Waals surface area (Å²) in [4.78, 5) is 0. The molecule has 0 radical (unpaired) electrons. The second kappa shape index (κ2) is 17.6. The summed E-state index contributed by atoms with van der Waals surface area (Å²) >= 11 is 0. The summed E-state index contributed by atoms with van der Waals surface area (Å²) in [6.45, 7) is 5.11. The van der Waals surface area contributed by atoms with Crippen LogP contribution in [-0.4, -0.2) is 81.8 Å². The molecule has 0 aromatic rings. The van der Waals surface area contributed by atoms with Crippen LogP contribution in [0.1, 0.15) is 71.1 Å². The number of nitrogens with zero attached hydrogens (tertiary/aromatic N) is 1. The van der Waals surface area contributed by atoms with Gasteiger partial charge < -0.3 is 27.2 Å². The molecule has 0 aromatic carbocycles. The molecule has 0 saturated carbocycles. The fourth-order valence-corrected chi connectivity index (χ4v) is 5.46. The predicted octanol–water partition coefficient (Wildman–Crippen LogP) is 4.85. The molecule has 29 heavy (non-hydrogen) atoms. The topological polar surface area (TPSA) is 46.2 Å². The number of hydrogen-bond donors (Lipinski definition) is 0. The lowest BCUT2D eigenvalue weighted by Crippen LogP contribution is -2.45. The molecule has 0 N–H and O–H groups in total. The molecule has 0 rings (SSSR count). The van der Waals surface area contributed by atoms with Crippen molar-refractivity contribution in [3.63, 3.8) is 0 Å². The first-order valence-electron chi connectivity index (χ1n) is 11.5. The van der Waals surface area contributed by atoms with Crippen molar-refractivity contribution < 1.29 is 27.2 Å². The summed E-state index contributed by atoms with van der Waals surface area (Å²) in [5, 5.41) is 0. The first-order valence-corrected chi connectivity index (χ1v) is 13.4. The van der Waals surface area contributed by atoms with E-state index in [1.165, 1.54) is 57.9 Å². The van der Waals surface area contributed by atoms with E-state index in [2.05, 4.69) is 14.1 Å². The highest BCUT2D eigenvalue weighted by molar-refractivity contribution is 6.60. The zero-order valence-electron chi connectivity index (χ0n) is 20.5. The Kier molecular flexibility index (Phi) is 17.6. The molecule has 0 aliphatic rings. The lowest BCUT2D eigenvalue weighted by Gasteiger charge is -2.31. The largest absolute Gasteiger partial charge is 0.500 e. The van der Waals surface area contributed by atoms with Crippen molar-refractivity contribution >= 4 is 8.80 Å². The molecule has 0 spiro atoms. The van der Waals surface area contributed by atoms with E-state index in [0.717, 1.165) is 36.5 Å². The van der Waals surface area contributed by atoms with Gasteiger partial charge in [-0.25, -0.2) is 0 Å². The average Bonchev–Trinajstić information content (AvgIpc) is 2.72. The highest BCUT2D eigenvalue weighted by Gasteiger charge is 2.37. The predicted molar refractivity (Wildman–Crippen MR) is 122 cm³/mol. The van der Waals surface area contributed by atoms with E-state index in [1.54, 1.807) is 28.4 Å². The molecule has 0 amide bonds. The third-order valence-electron chi connectivity index (χ3n) is 5.75. The Labute approximate surface area is 182 Å². The van der Waals surface area contributed by atoms with Gasteiger partial charge in [0.15, 0.2) is 6.29 Å². The Morgan fingerprint density at radius 3 is 1.66 bits per heavy atom. The minimum Gasteiger partial charge on any atom is -0.377 e. The van der Waals surface area contributed by atoms with Crippen LogP contribution in [0.2, 0.25) is 6.04 Å². The smallest absolute Gasteiger partial charge is 0.377 e. The van der Waals surface area contributed by atoms with Gasteiger partial charge in [0.1, 0.15) is 0 Å². The second-order valence-electron chi connectivity index (χ2n) is 8.52. The molecule has 0 aliphatic carbocycles. The van der Waals surface area contributed by atoms with Crippen molar-refractivity contribution in [2.24, 2.45) is 0 Å². The molecular formula is C22H50NO5Si+. The van der Waals surface area contributed by atoms with Gasteiger partial charge >= 0.3 is 8.80 Å². The maximum absolute atomic E-state index is 5.51. The summed E-state index contributed by atoms with van der Waals surface area (Å²) in [5.74, 6) is 0. The maximum Gasteiger partial charge on any atom is 0.500 e. The van der Waals surface area contributed by atoms with Crippen LogP contribution in [0, 0.1) is 0 Å². The van der Waals surface area contributed by atoms with Crippen molar-refractivity contribution in [1.29, 1.82) is 0 Å². The Morgan fingerprint density at radius 2 is 1.17 bits per heavy atom. The summed E-state index contributed by atoms with van der Waals surface area (Å²) in [6.07, 6.45) is 12.6. The van der Waals surface area contributed by atoms with Crippen LogP contribution in [0.4, 0.5) is 0 Å². The van der Waals surface area contributed by atoms with E-state index in [9.17, 15) is 0 Å². The Morgan fingerprint density at radius 1 is 0.690 bits per heavy atom. The van der Waals surface area contributed by atoms with Gasteiger partial charge in [-0.3, -0.25) is 0 Å². The number of methoxy groups -OCH3 is 1. The quantitative estimate of drug-likeness (QED) is 0.111. The minimum atomic E-state index is -2.42. The molecule has 0 aliphatic heterocycles.